The molecule has 1 aliphatic rings. The molecule has 1 aromatic rings. The van der Waals surface area contributed by atoms with Crippen LogP contribution in [0.5, 0.6) is 5.75 Å². The van der Waals surface area contributed by atoms with E-state index in [1.807, 2.05) is 0 Å². The quantitative estimate of drug-likeness (QED) is 0.653. The molecule has 1 N–H and O–H groups in total. The zero-order valence-corrected chi connectivity index (χ0v) is 12.1. The maximum atomic E-state index is 10.9. The molecule has 2 rings (SSSR count). The third-order valence-electron chi connectivity index (χ3n) is 4.11. The Labute approximate surface area is 119 Å². The lowest BCUT2D eigenvalue weighted by Gasteiger charge is -2.30. The molecule has 1 aromatic carbocycles. The molecule has 1 saturated carbocycles. The van der Waals surface area contributed by atoms with Gasteiger partial charge in [-0.1, -0.05) is 26.2 Å². The smallest absolute Gasteiger partial charge is 0.271 e. The molecule has 0 aliphatic heterocycles. The summed E-state index contributed by atoms with van der Waals surface area (Å²) >= 11 is 0. The second-order valence-corrected chi connectivity index (χ2v) is 5.42. The monoisotopic (exact) mass is 278 g/mol. The largest absolute Gasteiger partial charge is 0.495 e. The Balaban J connectivity index is 2.14. The number of hydrogen-bond acceptors (Lipinski definition) is 4. The van der Waals surface area contributed by atoms with Crippen LogP contribution in [0.3, 0.4) is 0 Å². The topological polar surface area (TPSA) is 64.4 Å². The molecule has 110 valence electrons. The van der Waals surface area contributed by atoms with Crippen molar-refractivity contribution in [3.8, 4) is 5.75 Å². The van der Waals surface area contributed by atoms with E-state index in [-0.39, 0.29) is 10.6 Å². The van der Waals surface area contributed by atoms with Gasteiger partial charge in [-0.2, -0.15) is 0 Å². The van der Waals surface area contributed by atoms with Crippen LogP contribution in [-0.4, -0.2) is 18.1 Å². The highest BCUT2D eigenvalue weighted by atomic mass is 16.6. The van der Waals surface area contributed by atoms with Crippen molar-refractivity contribution in [3.05, 3.63) is 28.3 Å². The van der Waals surface area contributed by atoms with Gasteiger partial charge in [0.05, 0.1) is 17.7 Å². The summed E-state index contributed by atoms with van der Waals surface area (Å²) in [7, 11) is 1.59. The Kier molecular flexibility index (Phi) is 4.82. The van der Waals surface area contributed by atoms with Gasteiger partial charge in [-0.15, -0.1) is 0 Å². The molecule has 20 heavy (non-hydrogen) atoms. The van der Waals surface area contributed by atoms with Crippen molar-refractivity contribution in [1.82, 2.24) is 0 Å². The van der Waals surface area contributed by atoms with E-state index in [1.165, 1.54) is 25.3 Å². The molecule has 0 radical (unpaired) electrons. The summed E-state index contributed by atoms with van der Waals surface area (Å²) in [5, 5.41) is 14.3. The van der Waals surface area contributed by atoms with Crippen LogP contribution < -0.4 is 10.1 Å². The molecule has 5 heteroatoms. The average molecular weight is 278 g/mol. The van der Waals surface area contributed by atoms with Crippen LogP contribution in [-0.2, 0) is 0 Å². The summed E-state index contributed by atoms with van der Waals surface area (Å²) in [6, 6.07) is 5.07. The standard InChI is InChI=1S/C15H22N2O3/c1-3-11-5-4-6-12(9-11)16-14-10-13(17(18)19)7-8-15(14)20-2/h7-8,10-12,16H,3-6,9H2,1-2H3. The van der Waals surface area contributed by atoms with Crippen LogP contribution in [0.4, 0.5) is 11.4 Å². The predicted octanol–water partition coefficient (Wildman–Crippen LogP) is 3.98. The van der Waals surface area contributed by atoms with Gasteiger partial charge >= 0.3 is 0 Å². The maximum Gasteiger partial charge on any atom is 0.271 e. The van der Waals surface area contributed by atoms with Gasteiger partial charge in [0.15, 0.2) is 0 Å². The molecular weight excluding hydrogens is 256 g/mol. The minimum absolute atomic E-state index is 0.0937. The molecule has 1 aliphatic carbocycles. The lowest BCUT2D eigenvalue weighted by atomic mass is 9.84. The molecule has 2 unspecified atom stereocenters. The maximum absolute atomic E-state index is 10.9. The summed E-state index contributed by atoms with van der Waals surface area (Å²) in [5.41, 5.74) is 0.819. The van der Waals surface area contributed by atoms with Gasteiger partial charge in [-0.3, -0.25) is 10.1 Å². The highest BCUT2D eigenvalue weighted by molar-refractivity contribution is 5.62. The normalized spacial score (nSPS) is 22.3. The molecule has 0 saturated heterocycles. The lowest BCUT2D eigenvalue weighted by Crippen LogP contribution is -2.27. The molecule has 1 fully saturated rings. The highest BCUT2D eigenvalue weighted by Crippen LogP contribution is 2.33. The first-order valence-electron chi connectivity index (χ1n) is 7.23. The van der Waals surface area contributed by atoms with Crippen molar-refractivity contribution in [2.45, 2.75) is 45.1 Å². The lowest BCUT2D eigenvalue weighted by molar-refractivity contribution is -0.384. The van der Waals surface area contributed by atoms with E-state index >= 15 is 0 Å². The van der Waals surface area contributed by atoms with Gasteiger partial charge in [0, 0.05) is 18.2 Å². The summed E-state index contributed by atoms with van der Waals surface area (Å²) in [6.45, 7) is 2.22. The predicted molar refractivity (Wildman–Crippen MR) is 79.3 cm³/mol. The van der Waals surface area contributed by atoms with Gasteiger partial charge in [-0.05, 0) is 24.8 Å². The Bertz CT molecular complexity index is 476. The molecule has 0 heterocycles. The Morgan fingerprint density at radius 3 is 2.90 bits per heavy atom. The number of non-ortho nitro benzene ring substituents is 1. The van der Waals surface area contributed by atoms with Crippen molar-refractivity contribution < 1.29 is 9.66 Å². The number of nitro groups is 1. The number of rotatable bonds is 5. The first-order valence-corrected chi connectivity index (χ1v) is 7.23. The molecule has 0 amide bonds. The summed E-state index contributed by atoms with van der Waals surface area (Å²) in [5.74, 6) is 1.42. The van der Waals surface area contributed by atoms with E-state index < -0.39 is 0 Å². The third kappa shape index (κ3) is 3.40. The number of nitrogens with zero attached hydrogens (tertiary/aromatic N) is 1. The molecule has 0 aromatic heterocycles. The SMILES string of the molecule is CCC1CCCC(Nc2cc([N+](=O)[O-])ccc2OC)C1. The minimum atomic E-state index is -0.375. The summed E-state index contributed by atoms with van der Waals surface area (Å²) in [6.07, 6.45) is 5.95. The van der Waals surface area contributed by atoms with Crippen LogP contribution in [0.2, 0.25) is 0 Å². The van der Waals surface area contributed by atoms with Crippen molar-refractivity contribution in [1.29, 1.82) is 0 Å². The van der Waals surface area contributed by atoms with Crippen molar-refractivity contribution in [2.75, 3.05) is 12.4 Å². The summed E-state index contributed by atoms with van der Waals surface area (Å²) < 4.78 is 5.29. The van der Waals surface area contributed by atoms with Gasteiger partial charge in [0.2, 0.25) is 0 Å². The molecule has 0 spiro atoms. The molecule has 2 atom stereocenters. The van der Waals surface area contributed by atoms with Gasteiger partial charge in [0.1, 0.15) is 5.75 Å². The van der Waals surface area contributed by atoms with Crippen molar-refractivity contribution in [2.24, 2.45) is 5.92 Å². The van der Waals surface area contributed by atoms with Gasteiger partial charge < -0.3 is 10.1 Å². The molecule has 5 nitrogen and oxygen atoms in total. The number of nitrogens with one attached hydrogen (secondary N) is 1. The van der Waals surface area contributed by atoms with E-state index in [9.17, 15) is 10.1 Å². The Hall–Kier alpha value is -1.78. The average Bonchev–Trinajstić information content (AvgIpc) is 2.47. The van der Waals surface area contributed by atoms with Crippen LogP contribution >= 0.6 is 0 Å². The number of ether oxygens (including phenoxy) is 1. The molecule has 0 bridgehead atoms. The minimum Gasteiger partial charge on any atom is -0.495 e. The van der Waals surface area contributed by atoms with E-state index in [0.29, 0.717) is 11.8 Å². The number of hydrogen-bond donors (Lipinski definition) is 1. The van der Waals surface area contributed by atoms with E-state index in [4.69, 9.17) is 4.74 Å². The van der Waals surface area contributed by atoms with Crippen LogP contribution in [0.1, 0.15) is 39.0 Å². The fraction of sp³-hybridized carbons (Fsp3) is 0.600. The fourth-order valence-corrected chi connectivity index (χ4v) is 2.94. The number of methoxy groups -OCH3 is 1. The molecular formula is C15H22N2O3. The van der Waals surface area contributed by atoms with Gasteiger partial charge in [0.25, 0.3) is 5.69 Å². The van der Waals surface area contributed by atoms with Crippen molar-refractivity contribution in [3.63, 3.8) is 0 Å². The first-order chi connectivity index (χ1) is 9.63. The van der Waals surface area contributed by atoms with Crippen LogP contribution in [0, 0.1) is 16.0 Å². The second kappa shape index (κ2) is 6.59. The van der Waals surface area contributed by atoms with E-state index in [0.717, 1.165) is 24.4 Å². The fourth-order valence-electron chi connectivity index (χ4n) is 2.94. The Morgan fingerprint density at radius 1 is 1.45 bits per heavy atom. The zero-order valence-electron chi connectivity index (χ0n) is 12.1. The second-order valence-electron chi connectivity index (χ2n) is 5.42. The van der Waals surface area contributed by atoms with E-state index in [2.05, 4.69) is 12.2 Å². The Morgan fingerprint density at radius 2 is 2.25 bits per heavy atom. The van der Waals surface area contributed by atoms with Crippen LogP contribution in [0.15, 0.2) is 18.2 Å². The zero-order chi connectivity index (χ0) is 14.5. The summed E-state index contributed by atoms with van der Waals surface area (Å²) in [4.78, 5) is 10.5. The van der Waals surface area contributed by atoms with Crippen LogP contribution in [0.25, 0.3) is 0 Å². The third-order valence-corrected chi connectivity index (χ3v) is 4.11. The van der Waals surface area contributed by atoms with Crippen molar-refractivity contribution >= 4 is 11.4 Å². The first kappa shape index (κ1) is 14.6. The van der Waals surface area contributed by atoms with E-state index in [1.54, 1.807) is 19.2 Å². The number of benzene rings is 1. The number of anilines is 1. The number of nitro benzene ring substituents is 1. The van der Waals surface area contributed by atoms with Gasteiger partial charge in [-0.25, -0.2) is 0 Å². The highest BCUT2D eigenvalue weighted by Gasteiger charge is 2.22.